The predicted octanol–water partition coefficient (Wildman–Crippen LogP) is 2.06. The van der Waals surface area contributed by atoms with Gasteiger partial charge in [-0.15, -0.1) is 0 Å². The van der Waals surface area contributed by atoms with Gasteiger partial charge in [0.25, 0.3) is 0 Å². The van der Waals surface area contributed by atoms with E-state index in [0.29, 0.717) is 19.8 Å². The van der Waals surface area contributed by atoms with Crippen molar-refractivity contribution >= 4 is 11.9 Å². The lowest BCUT2D eigenvalue weighted by Gasteiger charge is -2.31. The highest BCUT2D eigenvalue weighted by molar-refractivity contribution is 5.81. The molecule has 2 unspecified atom stereocenters. The number of ether oxygens (including phenoxy) is 2. The number of carboxylic acid groups (broad SMARTS) is 1. The number of carbonyl (C=O) groups is 2. The number of carbonyl (C=O) groups excluding carboxylic acids is 1. The molecule has 1 saturated heterocycles. The number of nitrogens with zero attached hydrogens (tertiary/aromatic N) is 2. The second kappa shape index (κ2) is 7.38. The maximum atomic E-state index is 13.0. The summed E-state index contributed by atoms with van der Waals surface area (Å²) in [6, 6.07) is 5.47. The molecule has 1 N–H and O–H groups in total. The highest BCUT2D eigenvalue weighted by Crippen LogP contribution is 2.38. The van der Waals surface area contributed by atoms with E-state index in [2.05, 4.69) is 0 Å². The number of amides is 1. The molecular weight excluding hydrogens is 348 g/mol. The first kappa shape index (κ1) is 18.1. The quantitative estimate of drug-likeness (QED) is 0.821. The third-order valence-corrected chi connectivity index (χ3v) is 5.71. The molecule has 0 aromatic heterocycles. The van der Waals surface area contributed by atoms with Crippen LogP contribution in [-0.4, -0.2) is 65.2 Å². The smallest absolute Gasteiger partial charge is 0.320 e. The first-order chi connectivity index (χ1) is 13.0. The number of aliphatic carboxylic acids is 1. The molecule has 7 heteroatoms. The Balaban J connectivity index is 1.49. The molecule has 0 radical (unpaired) electrons. The molecule has 2 aliphatic heterocycles. The zero-order valence-electron chi connectivity index (χ0n) is 15.6. The average Bonchev–Trinajstić information content (AvgIpc) is 3.40. The molecular formula is C20H26N2O5. The van der Waals surface area contributed by atoms with E-state index in [1.165, 1.54) is 0 Å². The van der Waals surface area contributed by atoms with Crippen molar-refractivity contribution in [2.75, 3.05) is 26.3 Å². The normalized spacial score (nSPS) is 22.7. The zero-order chi connectivity index (χ0) is 19.0. The predicted molar refractivity (Wildman–Crippen MR) is 97.9 cm³/mol. The van der Waals surface area contributed by atoms with Gasteiger partial charge in [-0.05, 0) is 50.3 Å². The van der Waals surface area contributed by atoms with Crippen molar-refractivity contribution in [2.24, 2.45) is 0 Å². The van der Waals surface area contributed by atoms with Crippen molar-refractivity contribution in [1.29, 1.82) is 0 Å². The van der Waals surface area contributed by atoms with Crippen molar-refractivity contribution < 1.29 is 24.2 Å². The molecule has 3 aliphatic rings. The van der Waals surface area contributed by atoms with Gasteiger partial charge in [-0.1, -0.05) is 6.07 Å². The molecule has 146 valence electrons. The van der Waals surface area contributed by atoms with Crippen molar-refractivity contribution in [2.45, 2.75) is 50.7 Å². The largest absolute Gasteiger partial charge is 0.486 e. The number of hydrogen-bond donors (Lipinski definition) is 1. The second-order valence-electron chi connectivity index (χ2n) is 7.57. The molecule has 1 aromatic carbocycles. The van der Waals surface area contributed by atoms with Crippen molar-refractivity contribution in [1.82, 2.24) is 9.80 Å². The molecule has 0 bridgehead atoms. The monoisotopic (exact) mass is 374 g/mol. The lowest BCUT2D eigenvalue weighted by Crippen LogP contribution is -2.47. The fourth-order valence-corrected chi connectivity index (χ4v) is 4.06. The standard InChI is InChI=1S/C20H26N2O5/c1-13(20(24)25)22(15-5-6-15)12-19(23)21-8-2-3-16(21)14-4-7-17-18(11-14)27-10-9-26-17/h4,7,11,13,15-16H,2-3,5-6,8-10,12H2,1H3,(H,24,25). The maximum absolute atomic E-state index is 13.0. The molecule has 0 spiro atoms. The Labute approximate surface area is 158 Å². The van der Waals surface area contributed by atoms with E-state index in [-0.39, 0.29) is 24.5 Å². The van der Waals surface area contributed by atoms with Crippen LogP contribution in [0.5, 0.6) is 11.5 Å². The van der Waals surface area contributed by atoms with Gasteiger partial charge in [0, 0.05) is 12.6 Å². The summed E-state index contributed by atoms with van der Waals surface area (Å²) in [7, 11) is 0. The number of likely N-dealkylation sites (tertiary alicyclic amines) is 1. The Kier molecular flexibility index (Phi) is 4.95. The molecule has 2 fully saturated rings. The first-order valence-electron chi connectivity index (χ1n) is 9.72. The van der Waals surface area contributed by atoms with Crippen LogP contribution in [-0.2, 0) is 9.59 Å². The molecule has 2 heterocycles. The van der Waals surface area contributed by atoms with E-state index in [0.717, 1.165) is 42.7 Å². The van der Waals surface area contributed by atoms with E-state index >= 15 is 0 Å². The summed E-state index contributed by atoms with van der Waals surface area (Å²) in [6.07, 6.45) is 3.79. The lowest BCUT2D eigenvalue weighted by molar-refractivity contribution is -0.144. The van der Waals surface area contributed by atoms with E-state index in [1.807, 2.05) is 28.0 Å². The average molecular weight is 374 g/mol. The topological polar surface area (TPSA) is 79.3 Å². The molecule has 1 aromatic rings. The Hall–Kier alpha value is -2.28. The second-order valence-corrected chi connectivity index (χ2v) is 7.57. The van der Waals surface area contributed by atoms with E-state index in [9.17, 15) is 14.7 Å². The highest BCUT2D eigenvalue weighted by atomic mass is 16.6. The Bertz CT molecular complexity index is 733. The van der Waals surface area contributed by atoms with Gasteiger partial charge >= 0.3 is 5.97 Å². The molecule has 4 rings (SSSR count). The number of fused-ring (bicyclic) bond motifs is 1. The number of benzene rings is 1. The third-order valence-electron chi connectivity index (χ3n) is 5.71. The van der Waals surface area contributed by atoms with Gasteiger partial charge in [-0.3, -0.25) is 14.5 Å². The molecule has 7 nitrogen and oxygen atoms in total. The Morgan fingerprint density at radius 1 is 1.22 bits per heavy atom. The first-order valence-corrected chi connectivity index (χ1v) is 9.72. The summed E-state index contributed by atoms with van der Waals surface area (Å²) in [5.74, 6) is 0.611. The zero-order valence-corrected chi connectivity index (χ0v) is 15.6. The van der Waals surface area contributed by atoms with Gasteiger partial charge < -0.3 is 19.5 Å². The molecule has 2 atom stereocenters. The van der Waals surface area contributed by atoms with E-state index in [4.69, 9.17) is 9.47 Å². The van der Waals surface area contributed by atoms with Crippen molar-refractivity contribution in [3.05, 3.63) is 23.8 Å². The van der Waals surface area contributed by atoms with Crippen LogP contribution >= 0.6 is 0 Å². The summed E-state index contributed by atoms with van der Waals surface area (Å²) in [5.41, 5.74) is 1.05. The van der Waals surface area contributed by atoms with Crippen LogP contribution in [0.25, 0.3) is 0 Å². The molecule has 1 amide bonds. The Morgan fingerprint density at radius 2 is 1.96 bits per heavy atom. The van der Waals surface area contributed by atoms with E-state index in [1.54, 1.807) is 6.92 Å². The van der Waals surface area contributed by atoms with Gasteiger partial charge in [-0.2, -0.15) is 0 Å². The lowest BCUT2D eigenvalue weighted by atomic mass is 10.0. The molecule has 27 heavy (non-hydrogen) atoms. The minimum absolute atomic E-state index is 0.00684. The van der Waals surface area contributed by atoms with Gasteiger partial charge in [0.05, 0.1) is 12.6 Å². The van der Waals surface area contributed by atoms with Gasteiger partial charge in [0.15, 0.2) is 11.5 Å². The number of carboxylic acids is 1. The minimum atomic E-state index is -0.875. The summed E-state index contributed by atoms with van der Waals surface area (Å²) < 4.78 is 11.3. The van der Waals surface area contributed by atoms with Gasteiger partial charge in [-0.25, -0.2) is 0 Å². The minimum Gasteiger partial charge on any atom is -0.486 e. The summed E-state index contributed by atoms with van der Waals surface area (Å²) in [6.45, 7) is 3.62. The summed E-state index contributed by atoms with van der Waals surface area (Å²) in [4.78, 5) is 28.2. The fourth-order valence-electron chi connectivity index (χ4n) is 4.06. The van der Waals surface area contributed by atoms with Gasteiger partial charge in [0.2, 0.25) is 5.91 Å². The van der Waals surface area contributed by atoms with Crippen LogP contribution in [0.2, 0.25) is 0 Å². The highest BCUT2D eigenvalue weighted by Gasteiger charge is 2.39. The number of rotatable bonds is 6. The summed E-state index contributed by atoms with van der Waals surface area (Å²) >= 11 is 0. The third kappa shape index (κ3) is 3.74. The van der Waals surface area contributed by atoms with E-state index < -0.39 is 12.0 Å². The molecule has 1 saturated carbocycles. The SMILES string of the molecule is CC(C(=O)O)N(CC(=O)N1CCCC1c1ccc2c(c1)OCCO2)C1CC1. The van der Waals surface area contributed by atoms with Crippen molar-refractivity contribution in [3.63, 3.8) is 0 Å². The van der Waals surface area contributed by atoms with Crippen LogP contribution in [0, 0.1) is 0 Å². The summed E-state index contributed by atoms with van der Waals surface area (Å²) in [5, 5.41) is 9.36. The maximum Gasteiger partial charge on any atom is 0.320 e. The van der Waals surface area contributed by atoms with Crippen LogP contribution < -0.4 is 9.47 Å². The van der Waals surface area contributed by atoms with Crippen LogP contribution in [0.15, 0.2) is 18.2 Å². The van der Waals surface area contributed by atoms with Gasteiger partial charge in [0.1, 0.15) is 19.3 Å². The molecule has 1 aliphatic carbocycles. The van der Waals surface area contributed by atoms with Crippen LogP contribution in [0.4, 0.5) is 0 Å². The fraction of sp³-hybridized carbons (Fsp3) is 0.600. The van der Waals surface area contributed by atoms with Crippen LogP contribution in [0.3, 0.4) is 0 Å². The van der Waals surface area contributed by atoms with Crippen molar-refractivity contribution in [3.8, 4) is 11.5 Å². The number of hydrogen-bond acceptors (Lipinski definition) is 5. The Morgan fingerprint density at radius 3 is 2.67 bits per heavy atom. The van der Waals surface area contributed by atoms with Crippen LogP contribution in [0.1, 0.15) is 44.2 Å².